The number of carbonyl (C=O) groups excluding carboxylic acids is 1. The van der Waals surface area contributed by atoms with Crippen molar-refractivity contribution in [1.82, 2.24) is 0 Å². The molecule has 1 aliphatic heterocycles. The summed E-state index contributed by atoms with van der Waals surface area (Å²) in [4.78, 5) is 23.4. The molecule has 1 aromatic rings. The number of hydrogen-bond acceptors (Lipinski definition) is 4. The summed E-state index contributed by atoms with van der Waals surface area (Å²) in [7, 11) is 0. The van der Waals surface area contributed by atoms with Crippen molar-refractivity contribution in [3.63, 3.8) is 0 Å². The molecule has 6 heteroatoms. The van der Waals surface area contributed by atoms with E-state index in [0.29, 0.717) is 12.2 Å². The Morgan fingerprint density at radius 2 is 2.28 bits per heavy atom. The summed E-state index contributed by atoms with van der Waals surface area (Å²) in [5.41, 5.74) is 0.672. The zero-order valence-corrected chi connectivity index (χ0v) is 11.3. The van der Waals surface area contributed by atoms with Gasteiger partial charge in [-0.3, -0.25) is 10.1 Å². The van der Waals surface area contributed by atoms with Crippen molar-refractivity contribution in [3.05, 3.63) is 32.8 Å². The van der Waals surface area contributed by atoms with Gasteiger partial charge in [-0.2, -0.15) is 0 Å². The van der Waals surface area contributed by atoms with Gasteiger partial charge in [-0.05, 0) is 25.0 Å². The van der Waals surface area contributed by atoms with E-state index >= 15 is 0 Å². The van der Waals surface area contributed by atoms with E-state index in [1.165, 1.54) is 6.07 Å². The molecule has 0 N–H and O–H groups in total. The fourth-order valence-electron chi connectivity index (χ4n) is 2.24. The summed E-state index contributed by atoms with van der Waals surface area (Å²) >= 11 is 3.33. The van der Waals surface area contributed by atoms with Crippen molar-refractivity contribution in [3.8, 4) is 0 Å². The van der Waals surface area contributed by atoms with E-state index in [1.54, 1.807) is 12.1 Å². The van der Waals surface area contributed by atoms with Crippen molar-refractivity contribution in [2.45, 2.75) is 12.8 Å². The topological polar surface area (TPSA) is 63.5 Å². The monoisotopic (exact) mass is 312 g/mol. The van der Waals surface area contributed by atoms with Crippen LogP contribution in [0.5, 0.6) is 0 Å². The summed E-state index contributed by atoms with van der Waals surface area (Å²) in [5.74, 6) is -0.0302. The van der Waals surface area contributed by atoms with Crippen molar-refractivity contribution >= 4 is 33.6 Å². The first kappa shape index (κ1) is 13.0. The van der Waals surface area contributed by atoms with Gasteiger partial charge in [0, 0.05) is 29.5 Å². The van der Waals surface area contributed by atoms with Crippen molar-refractivity contribution < 1.29 is 9.72 Å². The first-order valence-electron chi connectivity index (χ1n) is 5.76. The number of carbonyl (C=O) groups is 1. The van der Waals surface area contributed by atoms with E-state index in [1.807, 2.05) is 4.90 Å². The number of piperidine rings is 1. The second-order valence-electron chi connectivity index (χ2n) is 4.37. The predicted molar refractivity (Wildman–Crippen MR) is 71.8 cm³/mol. The number of aldehydes is 1. The van der Waals surface area contributed by atoms with Crippen LogP contribution in [0, 0.1) is 16.0 Å². The molecule has 1 saturated heterocycles. The maximum absolute atomic E-state index is 11.0. The Morgan fingerprint density at radius 3 is 2.94 bits per heavy atom. The summed E-state index contributed by atoms with van der Waals surface area (Å²) in [6, 6.07) is 4.89. The van der Waals surface area contributed by atoms with Crippen molar-refractivity contribution in [1.29, 1.82) is 0 Å². The average Bonchev–Trinajstić information content (AvgIpc) is 2.38. The number of halogens is 1. The molecule has 0 bridgehead atoms. The Balaban J connectivity index is 2.33. The van der Waals surface area contributed by atoms with Gasteiger partial charge >= 0.3 is 0 Å². The largest absolute Gasteiger partial charge is 0.365 e. The van der Waals surface area contributed by atoms with Gasteiger partial charge in [0.05, 0.1) is 4.92 Å². The molecule has 1 heterocycles. The van der Waals surface area contributed by atoms with Gasteiger partial charge in [-0.15, -0.1) is 0 Å². The molecule has 96 valence electrons. The van der Waals surface area contributed by atoms with E-state index in [9.17, 15) is 14.9 Å². The highest BCUT2D eigenvalue weighted by Crippen LogP contribution is 2.33. The predicted octanol–water partition coefficient (Wildman–Crippen LogP) is 2.77. The lowest BCUT2D eigenvalue weighted by molar-refractivity contribution is -0.384. The fourth-order valence-corrected chi connectivity index (χ4v) is 2.59. The molecule has 5 nitrogen and oxygen atoms in total. The van der Waals surface area contributed by atoms with Gasteiger partial charge in [0.15, 0.2) is 0 Å². The Bertz CT molecular complexity index is 478. The lowest BCUT2D eigenvalue weighted by Crippen LogP contribution is -2.36. The van der Waals surface area contributed by atoms with Crippen LogP contribution in [0.1, 0.15) is 12.8 Å². The lowest BCUT2D eigenvalue weighted by Gasteiger charge is -2.31. The van der Waals surface area contributed by atoms with E-state index in [2.05, 4.69) is 15.9 Å². The highest BCUT2D eigenvalue weighted by molar-refractivity contribution is 9.10. The van der Waals surface area contributed by atoms with Crippen LogP contribution >= 0.6 is 15.9 Å². The molecule has 0 radical (unpaired) electrons. The smallest absolute Gasteiger partial charge is 0.292 e. The molecule has 1 aliphatic rings. The number of anilines is 1. The summed E-state index contributed by atoms with van der Waals surface area (Å²) in [5, 5.41) is 11.0. The first-order valence-corrected chi connectivity index (χ1v) is 6.55. The molecule has 0 aliphatic carbocycles. The van der Waals surface area contributed by atoms with Gasteiger partial charge in [-0.25, -0.2) is 0 Å². The van der Waals surface area contributed by atoms with Gasteiger partial charge < -0.3 is 9.69 Å². The molecule has 1 fully saturated rings. The molecule has 1 unspecified atom stereocenters. The molecule has 18 heavy (non-hydrogen) atoms. The van der Waals surface area contributed by atoms with Crippen LogP contribution in [-0.2, 0) is 4.79 Å². The second-order valence-corrected chi connectivity index (χ2v) is 5.29. The lowest BCUT2D eigenvalue weighted by atomic mass is 9.99. The molecule has 1 atom stereocenters. The highest BCUT2D eigenvalue weighted by atomic mass is 79.9. The quantitative estimate of drug-likeness (QED) is 0.489. The SMILES string of the molecule is O=CC1CCCN(c2cc(Br)ccc2[N+](=O)[O-])C1. The number of hydrogen-bond donors (Lipinski definition) is 0. The molecule has 0 spiro atoms. The molecule has 2 rings (SSSR count). The fraction of sp³-hybridized carbons (Fsp3) is 0.417. The standard InChI is InChI=1S/C12H13BrN2O3/c13-10-3-4-11(15(17)18)12(6-10)14-5-1-2-9(7-14)8-16/h3-4,6,8-9H,1-2,5,7H2. The molecule has 0 aromatic heterocycles. The van der Waals surface area contributed by atoms with E-state index in [0.717, 1.165) is 30.1 Å². The van der Waals surface area contributed by atoms with Crippen LogP contribution < -0.4 is 4.90 Å². The molecular formula is C12H13BrN2O3. The minimum atomic E-state index is -0.383. The first-order chi connectivity index (χ1) is 8.61. The summed E-state index contributed by atoms with van der Waals surface area (Å²) in [6.45, 7) is 1.31. The number of nitrogens with zero attached hydrogens (tertiary/aromatic N) is 2. The van der Waals surface area contributed by atoms with E-state index < -0.39 is 0 Å². The van der Waals surface area contributed by atoms with E-state index in [4.69, 9.17) is 0 Å². The van der Waals surface area contributed by atoms with Crippen LogP contribution in [0.2, 0.25) is 0 Å². The molecular weight excluding hydrogens is 300 g/mol. The van der Waals surface area contributed by atoms with E-state index in [-0.39, 0.29) is 16.5 Å². The second kappa shape index (κ2) is 5.48. The van der Waals surface area contributed by atoms with Crippen molar-refractivity contribution in [2.75, 3.05) is 18.0 Å². The van der Waals surface area contributed by atoms with Crippen LogP contribution in [0.4, 0.5) is 11.4 Å². The van der Waals surface area contributed by atoms with Crippen LogP contribution in [0.3, 0.4) is 0 Å². The van der Waals surface area contributed by atoms with Crippen molar-refractivity contribution in [2.24, 2.45) is 5.92 Å². The summed E-state index contributed by atoms with van der Waals surface area (Å²) in [6.07, 6.45) is 2.69. The zero-order valence-electron chi connectivity index (χ0n) is 9.71. The minimum absolute atomic E-state index is 0.0302. The third-order valence-corrected chi connectivity index (χ3v) is 3.62. The Labute approximate surface area is 113 Å². The Hall–Kier alpha value is -1.43. The van der Waals surface area contributed by atoms with Crippen LogP contribution in [0.15, 0.2) is 22.7 Å². The minimum Gasteiger partial charge on any atom is -0.365 e. The third kappa shape index (κ3) is 2.69. The summed E-state index contributed by atoms with van der Waals surface area (Å²) < 4.78 is 0.802. The van der Waals surface area contributed by atoms with Crippen LogP contribution in [0.25, 0.3) is 0 Å². The average molecular weight is 313 g/mol. The number of rotatable bonds is 3. The number of nitro groups is 1. The zero-order chi connectivity index (χ0) is 13.1. The van der Waals surface area contributed by atoms with Gasteiger partial charge in [0.2, 0.25) is 0 Å². The van der Waals surface area contributed by atoms with Gasteiger partial charge in [0.25, 0.3) is 5.69 Å². The Morgan fingerprint density at radius 1 is 1.50 bits per heavy atom. The Kier molecular flexibility index (Phi) is 3.96. The van der Waals surface area contributed by atoms with Gasteiger partial charge in [0.1, 0.15) is 12.0 Å². The number of benzene rings is 1. The third-order valence-electron chi connectivity index (χ3n) is 3.13. The molecule has 1 aromatic carbocycles. The molecule has 0 saturated carbocycles. The molecule has 0 amide bonds. The maximum atomic E-state index is 11.0. The maximum Gasteiger partial charge on any atom is 0.292 e. The van der Waals surface area contributed by atoms with Crippen LogP contribution in [-0.4, -0.2) is 24.3 Å². The highest BCUT2D eigenvalue weighted by Gasteiger charge is 2.25. The normalized spacial score (nSPS) is 19.6. The van der Waals surface area contributed by atoms with Gasteiger partial charge in [-0.1, -0.05) is 15.9 Å². The number of nitro benzene ring substituents is 1.